The second kappa shape index (κ2) is 9.67. The molecule has 0 bridgehead atoms. The molecule has 0 saturated heterocycles. The summed E-state index contributed by atoms with van der Waals surface area (Å²) >= 11 is 6.15. The number of ether oxygens (including phenoxy) is 1. The average Bonchev–Trinajstić information content (AvgIpc) is 3.18. The van der Waals surface area contributed by atoms with Crippen LogP contribution < -0.4 is 4.74 Å². The van der Waals surface area contributed by atoms with E-state index in [9.17, 15) is 13.6 Å². The Balaban J connectivity index is 1.71. The molecule has 6 nitrogen and oxygen atoms in total. The van der Waals surface area contributed by atoms with Crippen LogP contribution in [0.4, 0.5) is 8.78 Å². The number of aromatic nitrogens is 2. The number of halogens is 3. The summed E-state index contributed by atoms with van der Waals surface area (Å²) in [4.78, 5) is 14.4. The third kappa shape index (κ3) is 5.13. The lowest BCUT2D eigenvalue weighted by Crippen LogP contribution is -2.40. The number of hydrogen-bond acceptors (Lipinski definition) is 5. The number of carbonyl (C=O) groups excluding carboxylic acids is 1. The minimum atomic E-state index is -1.05. The first-order valence-corrected chi connectivity index (χ1v) is 9.74. The SMILES string of the molecule is CCCN(Cc1nnc(-c2ccccc2Cl)o1)C(=O)C(C)Oc1ccc(F)c(F)c1. The molecule has 0 saturated carbocycles. The minimum absolute atomic E-state index is 0.0602. The van der Waals surface area contributed by atoms with Gasteiger partial charge in [0.2, 0.25) is 11.8 Å². The topological polar surface area (TPSA) is 68.5 Å². The number of rotatable bonds is 8. The van der Waals surface area contributed by atoms with Crippen LogP contribution in [0.25, 0.3) is 11.5 Å². The summed E-state index contributed by atoms with van der Waals surface area (Å²) in [5.74, 6) is -1.82. The largest absolute Gasteiger partial charge is 0.481 e. The standard InChI is InChI=1S/C21H20ClF2N3O3/c1-3-10-27(21(28)13(2)29-14-8-9-17(23)18(24)11-14)12-19-25-26-20(30-19)15-6-4-5-7-16(15)22/h4-9,11,13H,3,10,12H2,1-2H3. The molecule has 30 heavy (non-hydrogen) atoms. The van der Waals surface area contributed by atoms with E-state index in [1.807, 2.05) is 6.92 Å². The average molecular weight is 436 g/mol. The van der Waals surface area contributed by atoms with Crippen LogP contribution in [0.3, 0.4) is 0 Å². The molecule has 0 N–H and O–H groups in total. The van der Waals surface area contributed by atoms with Crippen molar-refractivity contribution in [1.82, 2.24) is 15.1 Å². The van der Waals surface area contributed by atoms with Crippen molar-refractivity contribution in [3.8, 4) is 17.2 Å². The molecule has 0 radical (unpaired) electrons. The van der Waals surface area contributed by atoms with Crippen LogP contribution in [0.2, 0.25) is 5.02 Å². The maximum Gasteiger partial charge on any atom is 0.263 e. The third-order valence-corrected chi connectivity index (χ3v) is 4.58. The summed E-state index contributed by atoms with van der Waals surface area (Å²) in [7, 11) is 0. The first kappa shape index (κ1) is 21.7. The van der Waals surface area contributed by atoms with Crippen LogP contribution in [0.1, 0.15) is 26.2 Å². The van der Waals surface area contributed by atoms with Gasteiger partial charge in [0.15, 0.2) is 17.7 Å². The van der Waals surface area contributed by atoms with Gasteiger partial charge < -0.3 is 14.1 Å². The maximum atomic E-state index is 13.4. The number of nitrogens with zero attached hydrogens (tertiary/aromatic N) is 3. The molecule has 1 amide bonds. The maximum absolute atomic E-state index is 13.4. The molecule has 1 aromatic heterocycles. The van der Waals surface area contributed by atoms with E-state index in [0.29, 0.717) is 23.6 Å². The fourth-order valence-corrected chi connectivity index (χ4v) is 3.04. The monoisotopic (exact) mass is 435 g/mol. The Hall–Kier alpha value is -3.00. The minimum Gasteiger partial charge on any atom is -0.481 e. The summed E-state index contributed by atoms with van der Waals surface area (Å²) in [6, 6.07) is 10.2. The Kier molecular flexibility index (Phi) is 6.99. The molecule has 1 atom stereocenters. The van der Waals surface area contributed by atoms with Crippen LogP contribution in [-0.4, -0.2) is 33.7 Å². The van der Waals surface area contributed by atoms with Gasteiger partial charge in [-0.25, -0.2) is 8.78 Å². The molecule has 0 fully saturated rings. The van der Waals surface area contributed by atoms with Gasteiger partial charge in [-0.1, -0.05) is 30.7 Å². The zero-order valence-electron chi connectivity index (χ0n) is 16.4. The van der Waals surface area contributed by atoms with E-state index in [-0.39, 0.29) is 30.0 Å². The number of benzene rings is 2. The van der Waals surface area contributed by atoms with E-state index in [2.05, 4.69) is 10.2 Å². The Morgan fingerprint density at radius 2 is 1.97 bits per heavy atom. The van der Waals surface area contributed by atoms with Gasteiger partial charge >= 0.3 is 0 Å². The number of carbonyl (C=O) groups is 1. The van der Waals surface area contributed by atoms with Gasteiger partial charge in [-0.05, 0) is 37.6 Å². The second-order valence-electron chi connectivity index (χ2n) is 6.58. The summed E-state index contributed by atoms with van der Waals surface area (Å²) in [6.45, 7) is 3.96. The van der Waals surface area contributed by atoms with Crippen molar-refractivity contribution in [3.63, 3.8) is 0 Å². The van der Waals surface area contributed by atoms with Crippen LogP contribution >= 0.6 is 11.6 Å². The zero-order chi connectivity index (χ0) is 21.7. The number of hydrogen-bond donors (Lipinski definition) is 0. The second-order valence-corrected chi connectivity index (χ2v) is 6.98. The molecular weight excluding hydrogens is 416 g/mol. The zero-order valence-corrected chi connectivity index (χ0v) is 17.2. The smallest absolute Gasteiger partial charge is 0.263 e. The molecule has 0 aliphatic carbocycles. The van der Waals surface area contributed by atoms with E-state index in [1.165, 1.54) is 17.9 Å². The number of amides is 1. The van der Waals surface area contributed by atoms with E-state index < -0.39 is 17.7 Å². The van der Waals surface area contributed by atoms with Crippen LogP contribution in [0.15, 0.2) is 46.9 Å². The molecule has 1 unspecified atom stereocenters. The molecule has 1 heterocycles. The predicted molar refractivity (Wildman–Crippen MR) is 107 cm³/mol. The van der Waals surface area contributed by atoms with Crippen LogP contribution in [0, 0.1) is 11.6 Å². The fourth-order valence-electron chi connectivity index (χ4n) is 2.82. The lowest BCUT2D eigenvalue weighted by molar-refractivity contribution is -0.139. The van der Waals surface area contributed by atoms with Gasteiger partial charge in [-0.2, -0.15) is 0 Å². The highest BCUT2D eigenvalue weighted by molar-refractivity contribution is 6.33. The highest BCUT2D eigenvalue weighted by Crippen LogP contribution is 2.26. The first-order valence-electron chi connectivity index (χ1n) is 9.36. The van der Waals surface area contributed by atoms with Crippen LogP contribution in [-0.2, 0) is 11.3 Å². The van der Waals surface area contributed by atoms with E-state index in [4.69, 9.17) is 20.8 Å². The summed E-state index contributed by atoms with van der Waals surface area (Å²) in [6.07, 6.45) is -0.234. The van der Waals surface area contributed by atoms with Gasteiger partial charge in [0.1, 0.15) is 5.75 Å². The highest BCUT2D eigenvalue weighted by Gasteiger charge is 2.24. The molecule has 0 spiro atoms. The normalized spacial score (nSPS) is 11.9. The molecule has 2 aromatic carbocycles. The molecule has 0 aliphatic rings. The molecule has 0 aliphatic heterocycles. The predicted octanol–water partition coefficient (Wildman–Crippen LogP) is 4.87. The lowest BCUT2D eigenvalue weighted by atomic mass is 10.2. The molecule has 3 rings (SSSR count). The van der Waals surface area contributed by atoms with Crippen molar-refractivity contribution in [2.24, 2.45) is 0 Å². The van der Waals surface area contributed by atoms with Crippen molar-refractivity contribution in [1.29, 1.82) is 0 Å². The third-order valence-electron chi connectivity index (χ3n) is 4.25. The van der Waals surface area contributed by atoms with Crippen molar-refractivity contribution < 1.29 is 22.7 Å². The van der Waals surface area contributed by atoms with E-state index >= 15 is 0 Å². The highest BCUT2D eigenvalue weighted by atomic mass is 35.5. The Labute approximate surface area is 177 Å². The molecule has 3 aromatic rings. The van der Waals surface area contributed by atoms with Crippen molar-refractivity contribution in [2.45, 2.75) is 32.9 Å². The lowest BCUT2D eigenvalue weighted by Gasteiger charge is -2.24. The van der Waals surface area contributed by atoms with Gasteiger partial charge in [-0.3, -0.25) is 4.79 Å². The Morgan fingerprint density at radius 3 is 2.67 bits per heavy atom. The molecular formula is C21H20ClF2N3O3. The quantitative estimate of drug-likeness (QED) is 0.504. The Bertz CT molecular complexity index is 1030. The molecule has 9 heteroatoms. The summed E-state index contributed by atoms with van der Waals surface area (Å²) in [5, 5.41) is 8.48. The summed E-state index contributed by atoms with van der Waals surface area (Å²) in [5.41, 5.74) is 0.598. The van der Waals surface area contributed by atoms with E-state index in [0.717, 1.165) is 12.1 Å². The van der Waals surface area contributed by atoms with Gasteiger partial charge in [0.05, 0.1) is 17.1 Å². The van der Waals surface area contributed by atoms with Gasteiger partial charge in [0, 0.05) is 12.6 Å². The van der Waals surface area contributed by atoms with Gasteiger partial charge in [-0.15, -0.1) is 10.2 Å². The van der Waals surface area contributed by atoms with Crippen LogP contribution in [0.5, 0.6) is 5.75 Å². The fraction of sp³-hybridized carbons (Fsp3) is 0.286. The van der Waals surface area contributed by atoms with E-state index in [1.54, 1.807) is 24.3 Å². The van der Waals surface area contributed by atoms with Gasteiger partial charge in [0.25, 0.3) is 5.91 Å². The summed E-state index contributed by atoms with van der Waals surface area (Å²) < 4.78 is 37.6. The van der Waals surface area contributed by atoms with Crippen molar-refractivity contribution in [3.05, 3.63) is 65.0 Å². The Morgan fingerprint density at radius 1 is 1.20 bits per heavy atom. The van der Waals surface area contributed by atoms with Crippen molar-refractivity contribution in [2.75, 3.05) is 6.54 Å². The molecule has 158 valence electrons. The first-order chi connectivity index (χ1) is 14.4. The van der Waals surface area contributed by atoms with Crippen molar-refractivity contribution >= 4 is 17.5 Å².